The van der Waals surface area contributed by atoms with Gasteiger partial charge in [-0.05, 0) is 61.2 Å². The molecule has 5 fully saturated rings. The Balaban J connectivity index is 1.35. The number of rotatable bonds is 10. The van der Waals surface area contributed by atoms with Crippen LogP contribution in [0.5, 0.6) is 0 Å². The number of nitrogens with one attached hydrogen (secondary N) is 2. The number of carbonyl (C=O) groups excluding carboxylic acids is 3. The van der Waals surface area contributed by atoms with Gasteiger partial charge in [0.05, 0.1) is 12.1 Å². The number of likely N-dealkylation sites (tertiary alicyclic amines) is 1. The van der Waals surface area contributed by atoms with Crippen LogP contribution in [-0.4, -0.2) is 64.5 Å². The van der Waals surface area contributed by atoms with Gasteiger partial charge >= 0.3 is 0 Å². The normalized spacial score (nSPS) is 32.1. The molecule has 38 heavy (non-hydrogen) atoms. The third kappa shape index (κ3) is 5.68. The Hall–Kier alpha value is -1.51. The number of aliphatic hydroxyl groups is 1. The van der Waals surface area contributed by atoms with E-state index in [9.17, 15) is 19.5 Å². The molecule has 8 nitrogen and oxygen atoms in total. The number of nitrogens with two attached hydrogens (primary N) is 1. The fourth-order valence-corrected chi connectivity index (χ4v) is 8.16. The number of aliphatic hydroxyl groups excluding tert-OH is 1. The van der Waals surface area contributed by atoms with Crippen LogP contribution in [0.25, 0.3) is 0 Å². The zero-order valence-corrected chi connectivity index (χ0v) is 23.5. The van der Waals surface area contributed by atoms with Crippen LogP contribution in [-0.2, 0) is 14.4 Å². The maximum absolute atomic E-state index is 14.3. The lowest BCUT2D eigenvalue weighted by Crippen LogP contribution is -2.60. The van der Waals surface area contributed by atoms with Crippen LogP contribution in [0.4, 0.5) is 0 Å². The average molecular weight is 531 g/mol. The van der Waals surface area contributed by atoms with E-state index in [4.69, 9.17) is 5.73 Å². The highest BCUT2D eigenvalue weighted by Gasteiger charge is 2.69. The summed E-state index contributed by atoms with van der Waals surface area (Å²) in [6.45, 7) is 4.97. The van der Waals surface area contributed by atoms with Crippen LogP contribution in [0.3, 0.4) is 0 Å². The summed E-state index contributed by atoms with van der Waals surface area (Å²) in [5, 5.41) is 16.6. The first-order valence-corrected chi connectivity index (χ1v) is 15.5. The summed E-state index contributed by atoms with van der Waals surface area (Å²) in [6, 6.07) is -1.25. The van der Waals surface area contributed by atoms with E-state index >= 15 is 0 Å². The van der Waals surface area contributed by atoms with Gasteiger partial charge in [0, 0.05) is 12.6 Å². The molecule has 3 unspecified atom stereocenters. The minimum atomic E-state index is -1.61. The highest BCUT2D eigenvalue weighted by molar-refractivity contribution is 5.96. The van der Waals surface area contributed by atoms with Crippen molar-refractivity contribution in [2.45, 2.75) is 134 Å². The van der Waals surface area contributed by atoms with E-state index in [0.29, 0.717) is 36.8 Å². The SMILES string of the molecule is CC1(C)[C@@H]2CN(C(=O)[C@@H](NC3CCCCC3)C3CCCCC3)C(C(=O)NC(CC3CCC3)C(=O)C(N)O)[C@@H]21. The van der Waals surface area contributed by atoms with Crippen molar-refractivity contribution in [1.29, 1.82) is 0 Å². The molecule has 6 atom stereocenters. The summed E-state index contributed by atoms with van der Waals surface area (Å²) in [4.78, 5) is 42.8. The molecule has 0 aromatic heterocycles. The zero-order chi connectivity index (χ0) is 27.0. The summed E-state index contributed by atoms with van der Waals surface area (Å²) in [7, 11) is 0. The van der Waals surface area contributed by atoms with Gasteiger partial charge < -0.3 is 20.6 Å². The number of nitrogens with zero attached hydrogens (tertiary/aromatic N) is 1. The lowest BCUT2D eigenvalue weighted by atomic mass is 9.80. The number of hydrogen-bond acceptors (Lipinski definition) is 6. The molecule has 4 saturated carbocycles. The van der Waals surface area contributed by atoms with Gasteiger partial charge in [-0.1, -0.05) is 71.6 Å². The molecule has 5 aliphatic rings. The Morgan fingerprint density at radius 3 is 2.16 bits per heavy atom. The van der Waals surface area contributed by atoms with E-state index < -0.39 is 24.1 Å². The number of ketones is 1. The van der Waals surface area contributed by atoms with Crippen LogP contribution in [0, 0.1) is 29.1 Å². The first kappa shape index (κ1) is 28.0. The van der Waals surface area contributed by atoms with Crippen LogP contribution in [0.15, 0.2) is 0 Å². The van der Waals surface area contributed by atoms with Gasteiger partial charge in [-0.2, -0.15) is 0 Å². The van der Waals surface area contributed by atoms with E-state index in [0.717, 1.165) is 57.8 Å². The maximum Gasteiger partial charge on any atom is 0.243 e. The molecule has 214 valence electrons. The smallest absolute Gasteiger partial charge is 0.243 e. The van der Waals surface area contributed by atoms with E-state index in [2.05, 4.69) is 24.5 Å². The molecule has 1 heterocycles. The highest BCUT2D eigenvalue weighted by atomic mass is 16.3. The first-order chi connectivity index (χ1) is 18.2. The molecule has 0 aromatic carbocycles. The highest BCUT2D eigenvalue weighted by Crippen LogP contribution is 2.65. The van der Waals surface area contributed by atoms with Crippen molar-refractivity contribution in [1.82, 2.24) is 15.5 Å². The number of Topliss-reactive ketones (excluding diaryl/α,β-unsaturated/α-hetero) is 1. The molecule has 5 N–H and O–H groups in total. The van der Waals surface area contributed by atoms with Crippen LogP contribution in [0.2, 0.25) is 0 Å². The largest absolute Gasteiger partial charge is 0.371 e. The molecule has 2 amide bonds. The van der Waals surface area contributed by atoms with Gasteiger partial charge in [0.15, 0.2) is 12.0 Å². The third-order valence-corrected chi connectivity index (χ3v) is 10.9. The van der Waals surface area contributed by atoms with Crippen molar-refractivity contribution < 1.29 is 19.5 Å². The Morgan fingerprint density at radius 1 is 0.947 bits per heavy atom. The number of carbonyl (C=O) groups is 3. The summed E-state index contributed by atoms with van der Waals surface area (Å²) in [5.41, 5.74) is 5.55. The van der Waals surface area contributed by atoms with Crippen LogP contribution >= 0.6 is 0 Å². The second kappa shape index (κ2) is 11.5. The Labute approximate surface area is 228 Å². The number of fused-ring (bicyclic) bond motifs is 1. The summed E-state index contributed by atoms with van der Waals surface area (Å²) in [5.74, 6) is 0.352. The number of amides is 2. The van der Waals surface area contributed by atoms with Gasteiger partial charge in [-0.25, -0.2) is 0 Å². The minimum absolute atomic E-state index is 0.00319. The molecule has 0 radical (unpaired) electrons. The fourth-order valence-electron chi connectivity index (χ4n) is 8.16. The van der Waals surface area contributed by atoms with E-state index in [-0.39, 0.29) is 29.2 Å². The topological polar surface area (TPSA) is 125 Å². The molecule has 8 heteroatoms. The lowest BCUT2D eigenvalue weighted by molar-refractivity contribution is -0.144. The lowest BCUT2D eigenvalue weighted by Gasteiger charge is -2.39. The quantitative estimate of drug-likeness (QED) is 0.322. The van der Waals surface area contributed by atoms with Crippen molar-refractivity contribution >= 4 is 17.6 Å². The Bertz CT molecular complexity index is 875. The van der Waals surface area contributed by atoms with Crippen molar-refractivity contribution in [2.75, 3.05) is 6.54 Å². The number of hydrogen-bond donors (Lipinski definition) is 4. The second-order valence-electron chi connectivity index (χ2n) is 13.7. The predicted molar refractivity (Wildman–Crippen MR) is 146 cm³/mol. The Kier molecular flexibility index (Phi) is 8.51. The zero-order valence-electron chi connectivity index (χ0n) is 23.5. The Morgan fingerprint density at radius 2 is 1.58 bits per heavy atom. The van der Waals surface area contributed by atoms with Gasteiger partial charge in [-0.3, -0.25) is 20.1 Å². The molecule has 1 aliphatic heterocycles. The van der Waals surface area contributed by atoms with Crippen molar-refractivity contribution in [2.24, 2.45) is 34.8 Å². The standard InChI is InChI=1S/C30H50N4O4/c1-30(2)21-17-34(29(38)24(19-12-5-3-6-13-19)32-20-14-7-4-8-15-20)25(23(21)30)28(37)33-22(26(35)27(31)36)16-18-10-9-11-18/h18-25,27,32,36H,3-17,31H2,1-2H3,(H,33,37)/t21-,22?,23-,24+,25?,27?/m1/s1. The maximum atomic E-state index is 14.3. The van der Waals surface area contributed by atoms with Crippen molar-refractivity contribution in [3.8, 4) is 0 Å². The monoisotopic (exact) mass is 530 g/mol. The van der Waals surface area contributed by atoms with E-state index in [1.807, 2.05) is 4.90 Å². The summed E-state index contributed by atoms with van der Waals surface area (Å²) >= 11 is 0. The first-order valence-electron chi connectivity index (χ1n) is 15.5. The van der Waals surface area contributed by atoms with E-state index in [1.165, 1.54) is 25.7 Å². The summed E-state index contributed by atoms with van der Waals surface area (Å²) in [6.07, 6.45) is 13.7. The van der Waals surface area contributed by atoms with E-state index in [1.54, 1.807) is 0 Å². The molecule has 0 spiro atoms. The number of piperidine rings is 1. The second-order valence-corrected chi connectivity index (χ2v) is 13.7. The van der Waals surface area contributed by atoms with Crippen LogP contribution < -0.4 is 16.4 Å². The van der Waals surface area contributed by atoms with Gasteiger partial charge in [0.2, 0.25) is 11.8 Å². The van der Waals surface area contributed by atoms with Gasteiger partial charge in [-0.15, -0.1) is 0 Å². The van der Waals surface area contributed by atoms with Gasteiger partial charge in [0.1, 0.15) is 6.04 Å². The molecule has 4 aliphatic carbocycles. The molecular weight excluding hydrogens is 480 g/mol. The minimum Gasteiger partial charge on any atom is -0.371 e. The molecular formula is C30H50N4O4. The molecule has 0 bridgehead atoms. The average Bonchev–Trinajstić information content (AvgIpc) is 3.21. The molecule has 1 saturated heterocycles. The van der Waals surface area contributed by atoms with Gasteiger partial charge in [0.25, 0.3) is 0 Å². The van der Waals surface area contributed by atoms with Crippen molar-refractivity contribution in [3.63, 3.8) is 0 Å². The van der Waals surface area contributed by atoms with Crippen LogP contribution in [0.1, 0.15) is 104 Å². The van der Waals surface area contributed by atoms with Crippen molar-refractivity contribution in [3.05, 3.63) is 0 Å². The third-order valence-electron chi connectivity index (χ3n) is 10.9. The fraction of sp³-hybridized carbons (Fsp3) is 0.900. The predicted octanol–water partition coefficient (Wildman–Crippen LogP) is 2.86. The molecule has 0 aromatic rings. The molecule has 5 rings (SSSR count). The summed E-state index contributed by atoms with van der Waals surface area (Å²) < 4.78 is 0.